The highest BCUT2D eigenvalue weighted by Crippen LogP contribution is 2.22. The zero-order valence-corrected chi connectivity index (χ0v) is 14.9. The van der Waals surface area contributed by atoms with Crippen molar-refractivity contribution in [2.75, 3.05) is 31.1 Å². The minimum Gasteiger partial charge on any atom is -0.390 e. The summed E-state index contributed by atoms with van der Waals surface area (Å²) in [5.41, 5.74) is 1.37. The van der Waals surface area contributed by atoms with E-state index in [2.05, 4.69) is 40.5 Å². The maximum Gasteiger partial charge on any atom is 0.154 e. The molecule has 0 aliphatic carbocycles. The number of sulfone groups is 1. The lowest BCUT2D eigenvalue weighted by molar-refractivity contribution is 0.155. The van der Waals surface area contributed by atoms with Crippen LogP contribution in [0, 0.1) is 5.92 Å². The molecule has 2 aliphatic rings. The van der Waals surface area contributed by atoms with Crippen molar-refractivity contribution in [2.24, 2.45) is 5.92 Å². The van der Waals surface area contributed by atoms with Gasteiger partial charge >= 0.3 is 0 Å². The first kappa shape index (κ1) is 17.9. The third kappa shape index (κ3) is 5.02. The van der Waals surface area contributed by atoms with Crippen molar-refractivity contribution in [1.29, 1.82) is 0 Å². The second-order valence-corrected chi connectivity index (χ2v) is 9.35. The maximum atomic E-state index is 11.5. The van der Waals surface area contributed by atoms with E-state index in [0.717, 1.165) is 32.6 Å². The molecule has 0 spiro atoms. The van der Waals surface area contributed by atoms with Gasteiger partial charge in [0.1, 0.15) is 0 Å². The van der Waals surface area contributed by atoms with Gasteiger partial charge in [0.05, 0.1) is 17.6 Å². The van der Waals surface area contributed by atoms with Crippen LogP contribution < -0.4 is 5.32 Å². The zero-order valence-electron chi connectivity index (χ0n) is 14.1. The van der Waals surface area contributed by atoms with Gasteiger partial charge in [-0.2, -0.15) is 0 Å². The van der Waals surface area contributed by atoms with E-state index >= 15 is 0 Å². The highest BCUT2D eigenvalue weighted by Gasteiger charge is 2.35. The van der Waals surface area contributed by atoms with Gasteiger partial charge in [-0.3, -0.25) is 4.90 Å². The second kappa shape index (κ2) is 7.95. The number of aliphatic hydroxyl groups excluding tert-OH is 1. The zero-order chi connectivity index (χ0) is 17.0. The first-order valence-electron chi connectivity index (χ1n) is 8.90. The van der Waals surface area contributed by atoms with Crippen molar-refractivity contribution >= 4 is 9.84 Å². The first-order chi connectivity index (χ1) is 11.5. The molecule has 0 bridgehead atoms. The van der Waals surface area contributed by atoms with Crippen LogP contribution in [0.1, 0.15) is 24.8 Å². The topological polar surface area (TPSA) is 69.6 Å². The molecular weight excluding hydrogens is 324 g/mol. The number of rotatable bonds is 6. The summed E-state index contributed by atoms with van der Waals surface area (Å²) in [7, 11) is -3.06. The number of nitrogens with one attached hydrogen (secondary N) is 1. The SMILES string of the molecule is O=S1(=O)C[C@@H](O)[C@H](NCCC2CCN(Cc3ccccc3)CC2)C1. The summed E-state index contributed by atoms with van der Waals surface area (Å²) in [6, 6.07) is 10.3. The lowest BCUT2D eigenvalue weighted by Crippen LogP contribution is -2.40. The average molecular weight is 353 g/mol. The minimum absolute atomic E-state index is 0.0731. The number of benzene rings is 1. The summed E-state index contributed by atoms with van der Waals surface area (Å²) < 4.78 is 23.0. The molecule has 2 aliphatic heterocycles. The van der Waals surface area contributed by atoms with Gasteiger partial charge in [0.2, 0.25) is 0 Å². The summed E-state index contributed by atoms with van der Waals surface area (Å²) in [6.07, 6.45) is 2.70. The number of nitrogens with zero attached hydrogens (tertiary/aromatic N) is 1. The van der Waals surface area contributed by atoms with E-state index in [1.165, 1.54) is 18.4 Å². The van der Waals surface area contributed by atoms with E-state index in [9.17, 15) is 13.5 Å². The highest BCUT2D eigenvalue weighted by molar-refractivity contribution is 7.91. The molecule has 0 saturated carbocycles. The van der Waals surface area contributed by atoms with Gasteiger partial charge in [0.15, 0.2) is 9.84 Å². The Morgan fingerprint density at radius 2 is 1.83 bits per heavy atom. The van der Waals surface area contributed by atoms with Crippen LogP contribution in [0.15, 0.2) is 30.3 Å². The van der Waals surface area contributed by atoms with Crippen LogP contribution in [0.25, 0.3) is 0 Å². The van der Waals surface area contributed by atoms with Crippen LogP contribution in [-0.2, 0) is 16.4 Å². The third-order valence-corrected chi connectivity index (χ3v) is 6.95. The van der Waals surface area contributed by atoms with E-state index < -0.39 is 15.9 Å². The van der Waals surface area contributed by atoms with Crippen molar-refractivity contribution in [3.8, 4) is 0 Å². The molecule has 2 heterocycles. The van der Waals surface area contributed by atoms with Gasteiger partial charge in [-0.15, -0.1) is 0 Å². The van der Waals surface area contributed by atoms with Crippen LogP contribution in [0.3, 0.4) is 0 Å². The second-order valence-electron chi connectivity index (χ2n) is 7.20. The molecule has 5 nitrogen and oxygen atoms in total. The molecule has 0 radical (unpaired) electrons. The van der Waals surface area contributed by atoms with Gasteiger partial charge in [-0.05, 0) is 50.4 Å². The summed E-state index contributed by atoms with van der Waals surface area (Å²) in [6.45, 7) is 4.07. The van der Waals surface area contributed by atoms with Crippen LogP contribution in [0.4, 0.5) is 0 Å². The van der Waals surface area contributed by atoms with E-state index in [0.29, 0.717) is 5.92 Å². The molecule has 0 amide bonds. The quantitative estimate of drug-likeness (QED) is 0.800. The molecule has 2 N–H and O–H groups in total. The predicted octanol–water partition coefficient (Wildman–Crippen LogP) is 1.04. The van der Waals surface area contributed by atoms with E-state index in [1.807, 2.05) is 0 Å². The molecule has 2 saturated heterocycles. The fraction of sp³-hybridized carbons (Fsp3) is 0.667. The van der Waals surface area contributed by atoms with Gasteiger partial charge < -0.3 is 10.4 Å². The standard InChI is InChI=1S/C18H28N2O3S/c21-18-14-24(22,23)13-17(18)19-9-6-15-7-10-20(11-8-15)12-16-4-2-1-3-5-16/h1-5,15,17-19,21H,6-14H2/t17-,18-/m1/s1. The fourth-order valence-corrected chi connectivity index (χ4v) is 5.55. The number of hydrogen-bond acceptors (Lipinski definition) is 5. The van der Waals surface area contributed by atoms with Crippen molar-refractivity contribution in [2.45, 2.75) is 38.0 Å². The lowest BCUT2D eigenvalue weighted by Gasteiger charge is -2.32. The number of hydrogen-bond donors (Lipinski definition) is 2. The molecule has 2 atom stereocenters. The molecule has 0 unspecified atom stereocenters. The summed E-state index contributed by atoms with van der Waals surface area (Å²) >= 11 is 0. The highest BCUT2D eigenvalue weighted by atomic mass is 32.2. The molecule has 2 fully saturated rings. The maximum absolute atomic E-state index is 11.5. The van der Waals surface area contributed by atoms with Crippen molar-refractivity contribution in [3.63, 3.8) is 0 Å². The van der Waals surface area contributed by atoms with Crippen molar-refractivity contribution in [3.05, 3.63) is 35.9 Å². The van der Waals surface area contributed by atoms with Gasteiger partial charge in [-0.1, -0.05) is 30.3 Å². The molecule has 1 aromatic carbocycles. The normalized spacial score (nSPS) is 28.2. The number of aliphatic hydroxyl groups is 1. The van der Waals surface area contributed by atoms with Crippen molar-refractivity contribution < 1.29 is 13.5 Å². The molecule has 1 aromatic rings. The van der Waals surface area contributed by atoms with Crippen molar-refractivity contribution in [1.82, 2.24) is 10.2 Å². The van der Waals surface area contributed by atoms with Crippen LogP contribution in [-0.4, -0.2) is 61.7 Å². The Bertz CT molecular complexity index is 612. The van der Waals surface area contributed by atoms with E-state index in [-0.39, 0.29) is 17.5 Å². The largest absolute Gasteiger partial charge is 0.390 e. The Hall–Kier alpha value is -0.950. The van der Waals surface area contributed by atoms with Gasteiger partial charge in [-0.25, -0.2) is 8.42 Å². The number of piperidine rings is 1. The lowest BCUT2D eigenvalue weighted by atomic mass is 9.93. The monoisotopic (exact) mass is 352 g/mol. The third-order valence-electron chi connectivity index (χ3n) is 5.24. The fourth-order valence-electron chi connectivity index (χ4n) is 3.77. The van der Waals surface area contributed by atoms with E-state index in [4.69, 9.17) is 0 Å². The Balaban J connectivity index is 1.34. The molecule has 3 rings (SSSR count). The Kier molecular flexibility index (Phi) is 5.92. The van der Waals surface area contributed by atoms with Crippen LogP contribution in [0.5, 0.6) is 0 Å². The summed E-state index contributed by atoms with van der Waals surface area (Å²) in [5.74, 6) is 0.673. The molecule has 134 valence electrons. The van der Waals surface area contributed by atoms with E-state index in [1.54, 1.807) is 0 Å². The summed E-state index contributed by atoms with van der Waals surface area (Å²) in [4.78, 5) is 2.51. The van der Waals surface area contributed by atoms with Crippen LogP contribution in [0.2, 0.25) is 0 Å². The summed E-state index contributed by atoms with van der Waals surface area (Å²) in [5, 5.41) is 13.0. The number of likely N-dealkylation sites (tertiary alicyclic amines) is 1. The Morgan fingerprint density at radius 3 is 2.46 bits per heavy atom. The Labute approximate surface area is 145 Å². The average Bonchev–Trinajstić information content (AvgIpc) is 2.82. The smallest absolute Gasteiger partial charge is 0.154 e. The first-order valence-corrected chi connectivity index (χ1v) is 10.7. The minimum atomic E-state index is -3.06. The predicted molar refractivity (Wildman–Crippen MR) is 95.5 cm³/mol. The molecule has 6 heteroatoms. The Morgan fingerprint density at radius 1 is 1.12 bits per heavy atom. The molecule has 24 heavy (non-hydrogen) atoms. The van der Waals surface area contributed by atoms with Gasteiger partial charge in [0.25, 0.3) is 0 Å². The molecule has 0 aromatic heterocycles. The molecular formula is C18H28N2O3S. The van der Waals surface area contributed by atoms with Crippen LogP contribution >= 0.6 is 0 Å². The van der Waals surface area contributed by atoms with Gasteiger partial charge in [0, 0.05) is 12.6 Å².